The molecular weight excluding hydrogens is 925 g/mol. The second-order valence-electron chi connectivity index (χ2n) is 19.9. The van der Waals surface area contributed by atoms with E-state index in [1.54, 1.807) is 6.08 Å². The Balaban J connectivity index is 4.47. The third kappa shape index (κ3) is 60.3. The Labute approximate surface area is 462 Å². The maximum absolute atomic E-state index is 12.9. The molecule has 0 spiro atoms. The third-order valence-corrected chi connectivity index (χ3v) is 12.7. The maximum atomic E-state index is 12.9. The summed E-state index contributed by atoms with van der Waals surface area (Å²) in [6, 6.07) is 0. The first-order chi connectivity index (χ1) is 37.0. The highest BCUT2D eigenvalue weighted by molar-refractivity contribution is 5.72. The molecular formula is C69H112O6. The minimum absolute atomic E-state index is 0.118. The smallest absolute Gasteiger partial charge is 0.309 e. The lowest BCUT2D eigenvalue weighted by Gasteiger charge is -2.18. The largest absolute Gasteiger partial charge is 0.462 e. The van der Waals surface area contributed by atoms with Crippen molar-refractivity contribution in [3.63, 3.8) is 0 Å². The Morgan fingerprint density at radius 1 is 0.293 bits per heavy atom. The summed E-state index contributed by atoms with van der Waals surface area (Å²) in [5.74, 6) is -1.07. The van der Waals surface area contributed by atoms with Gasteiger partial charge < -0.3 is 14.2 Å². The molecule has 0 aliphatic rings. The van der Waals surface area contributed by atoms with Crippen LogP contribution in [0.15, 0.2) is 134 Å². The first kappa shape index (κ1) is 70.5. The van der Waals surface area contributed by atoms with Crippen molar-refractivity contribution in [1.29, 1.82) is 0 Å². The fourth-order valence-corrected chi connectivity index (χ4v) is 8.13. The quantitative estimate of drug-likeness (QED) is 0.0261. The van der Waals surface area contributed by atoms with Crippen molar-refractivity contribution in [2.24, 2.45) is 0 Å². The molecule has 6 nitrogen and oxygen atoms in total. The monoisotopic (exact) mass is 1040 g/mol. The molecule has 0 radical (unpaired) electrons. The zero-order chi connectivity index (χ0) is 54.3. The molecule has 424 valence electrons. The van der Waals surface area contributed by atoms with E-state index in [1.807, 2.05) is 6.08 Å². The van der Waals surface area contributed by atoms with E-state index in [2.05, 4.69) is 142 Å². The highest BCUT2D eigenvalue weighted by Gasteiger charge is 2.19. The lowest BCUT2D eigenvalue weighted by Crippen LogP contribution is -2.30. The Hall–Kier alpha value is -4.45. The molecule has 75 heavy (non-hydrogen) atoms. The highest BCUT2D eigenvalue weighted by atomic mass is 16.6. The lowest BCUT2D eigenvalue weighted by atomic mass is 10.0. The van der Waals surface area contributed by atoms with Gasteiger partial charge in [-0.3, -0.25) is 14.4 Å². The topological polar surface area (TPSA) is 78.9 Å². The standard InChI is InChI=1S/C69H112O6/c1-4-7-10-13-16-19-22-25-28-30-32-33-34-35-37-38-41-44-47-50-53-56-59-62-68(71)74-65-66(64-73-67(70)61-58-55-52-49-46-43-40-27-24-21-18-15-12-9-6-3)75-69(72)63-60-57-54-51-48-45-42-39-36-31-29-26-23-20-17-14-11-8-5-2/h8-9,11-12,17-18,20-22,25-27,29-30,32,36,39-40,46,49,55,58,66H,4-7,10,13-16,19,23-24,28,31,33-35,37-38,41-45,47-48,50-54,56-57,59-65H2,1-3H3/b11-8-,12-9-,20-17-,21-18-,25-22-,29-26-,32-30-,39-36-,40-27-,49-46-,58-55-. The maximum Gasteiger partial charge on any atom is 0.309 e. The van der Waals surface area contributed by atoms with Gasteiger partial charge in [-0.05, 0) is 116 Å². The molecule has 0 saturated heterocycles. The Bertz CT molecular complexity index is 1620. The fourth-order valence-electron chi connectivity index (χ4n) is 8.13. The minimum atomic E-state index is -0.832. The van der Waals surface area contributed by atoms with Crippen LogP contribution in [0.4, 0.5) is 0 Å². The van der Waals surface area contributed by atoms with E-state index in [4.69, 9.17) is 14.2 Å². The van der Waals surface area contributed by atoms with Crippen LogP contribution in [0, 0.1) is 0 Å². The average Bonchev–Trinajstić information content (AvgIpc) is 3.41. The second-order valence-corrected chi connectivity index (χ2v) is 19.9. The van der Waals surface area contributed by atoms with E-state index in [1.165, 1.54) is 109 Å². The molecule has 0 rings (SSSR count). The van der Waals surface area contributed by atoms with Gasteiger partial charge in [0, 0.05) is 12.8 Å². The summed E-state index contributed by atoms with van der Waals surface area (Å²) < 4.78 is 16.8. The highest BCUT2D eigenvalue weighted by Crippen LogP contribution is 2.15. The molecule has 0 saturated carbocycles. The van der Waals surface area contributed by atoms with Gasteiger partial charge in [0.25, 0.3) is 0 Å². The van der Waals surface area contributed by atoms with Crippen molar-refractivity contribution in [2.75, 3.05) is 13.2 Å². The second kappa shape index (κ2) is 62.1. The van der Waals surface area contributed by atoms with Crippen molar-refractivity contribution < 1.29 is 28.6 Å². The van der Waals surface area contributed by atoms with Gasteiger partial charge in [-0.15, -0.1) is 0 Å². The summed E-state index contributed by atoms with van der Waals surface area (Å²) in [5, 5.41) is 0. The molecule has 0 fully saturated rings. The molecule has 0 amide bonds. The number of allylic oxidation sites excluding steroid dienone is 21. The molecule has 0 aliphatic heterocycles. The van der Waals surface area contributed by atoms with Crippen molar-refractivity contribution in [2.45, 2.75) is 271 Å². The molecule has 1 atom stereocenters. The predicted octanol–water partition coefficient (Wildman–Crippen LogP) is 21.0. The summed E-state index contributed by atoms with van der Waals surface area (Å²) in [6.07, 6.45) is 87.6. The molecule has 0 N–H and O–H groups in total. The van der Waals surface area contributed by atoms with Crippen molar-refractivity contribution in [3.05, 3.63) is 134 Å². The normalized spacial score (nSPS) is 13.1. The Morgan fingerprint density at radius 3 is 0.933 bits per heavy atom. The van der Waals surface area contributed by atoms with Gasteiger partial charge in [0.05, 0.1) is 6.42 Å². The number of hydrogen-bond donors (Lipinski definition) is 0. The summed E-state index contributed by atoms with van der Waals surface area (Å²) in [5.41, 5.74) is 0. The van der Waals surface area contributed by atoms with E-state index >= 15 is 0 Å². The van der Waals surface area contributed by atoms with Crippen LogP contribution >= 0.6 is 0 Å². The van der Waals surface area contributed by atoms with Crippen LogP contribution in [-0.2, 0) is 28.6 Å². The number of esters is 3. The van der Waals surface area contributed by atoms with E-state index < -0.39 is 12.1 Å². The average molecular weight is 1040 g/mol. The van der Waals surface area contributed by atoms with Gasteiger partial charge >= 0.3 is 17.9 Å². The van der Waals surface area contributed by atoms with Crippen LogP contribution in [0.1, 0.15) is 265 Å². The van der Waals surface area contributed by atoms with Crippen LogP contribution in [0.2, 0.25) is 0 Å². The zero-order valence-electron chi connectivity index (χ0n) is 48.5. The molecule has 0 bridgehead atoms. The zero-order valence-corrected chi connectivity index (χ0v) is 48.5. The number of unbranched alkanes of at least 4 members (excludes halogenated alkanes) is 22. The number of carbonyl (C=O) groups excluding carboxylic acids is 3. The molecule has 6 heteroatoms. The minimum Gasteiger partial charge on any atom is -0.462 e. The van der Waals surface area contributed by atoms with Crippen LogP contribution in [0.25, 0.3) is 0 Å². The van der Waals surface area contributed by atoms with Gasteiger partial charge in [0.15, 0.2) is 6.10 Å². The van der Waals surface area contributed by atoms with Gasteiger partial charge in [-0.2, -0.15) is 0 Å². The van der Waals surface area contributed by atoms with Crippen molar-refractivity contribution in [3.8, 4) is 0 Å². The van der Waals surface area contributed by atoms with Gasteiger partial charge in [0.1, 0.15) is 13.2 Å². The van der Waals surface area contributed by atoms with Gasteiger partial charge in [-0.25, -0.2) is 0 Å². The molecule has 0 aromatic carbocycles. The fraction of sp³-hybridized carbons (Fsp3) is 0.638. The molecule has 0 aliphatic carbocycles. The SMILES string of the molecule is CC/C=C\C/C=C\C/C=C\C/C=C\C/C=C\CC(=O)OCC(COC(=O)CCCCCCCCCCCCC/C=C\C/C=C\CCCCCCC)OC(=O)CCCCCCCC/C=C\C/C=C\C/C=C\C/C=C\CC. The van der Waals surface area contributed by atoms with Crippen molar-refractivity contribution >= 4 is 17.9 Å². The Morgan fingerprint density at radius 2 is 0.573 bits per heavy atom. The van der Waals surface area contributed by atoms with E-state index in [0.29, 0.717) is 6.42 Å². The van der Waals surface area contributed by atoms with Gasteiger partial charge in [0.2, 0.25) is 0 Å². The number of rotatable bonds is 54. The molecule has 0 heterocycles. The van der Waals surface area contributed by atoms with Crippen molar-refractivity contribution in [1.82, 2.24) is 0 Å². The molecule has 0 aromatic rings. The van der Waals surface area contributed by atoms with Crippen LogP contribution < -0.4 is 0 Å². The molecule has 0 aromatic heterocycles. The summed E-state index contributed by atoms with van der Waals surface area (Å²) in [7, 11) is 0. The number of hydrogen-bond acceptors (Lipinski definition) is 6. The van der Waals surface area contributed by atoms with Crippen LogP contribution in [0.3, 0.4) is 0 Å². The Kier molecular flexibility index (Phi) is 58.4. The van der Waals surface area contributed by atoms with Crippen LogP contribution in [-0.4, -0.2) is 37.2 Å². The first-order valence-electron chi connectivity index (χ1n) is 30.7. The lowest BCUT2D eigenvalue weighted by molar-refractivity contribution is -0.166. The predicted molar refractivity (Wildman–Crippen MR) is 325 cm³/mol. The van der Waals surface area contributed by atoms with E-state index in [9.17, 15) is 14.4 Å². The third-order valence-electron chi connectivity index (χ3n) is 12.7. The summed E-state index contributed by atoms with van der Waals surface area (Å²) in [4.78, 5) is 38.2. The van der Waals surface area contributed by atoms with Crippen LogP contribution in [0.5, 0.6) is 0 Å². The summed E-state index contributed by atoms with van der Waals surface area (Å²) in [6.45, 7) is 6.31. The molecule has 1 unspecified atom stereocenters. The van der Waals surface area contributed by atoms with E-state index in [0.717, 1.165) is 116 Å². The van der Waals surface area contributed by atoms with E-state index in [-0.39, 0.29) is 38.0 Å². The first-order valence-corrected chi connectivity index (χ1v) is 30.7. The number of ether oxygens (including phenoxy) is 3. The number of carbonyl (C=O) groups is 3. The van der Waals surface area contributed by atoms with Gasteiger partial charge in [-0.1, -0.05) is 264 Å². The summed E-state index contributed by atoms with van der Waals surface area (Å²) >= 11 is 0.